The van der Waals surface area contributed by atoms with Crippen LogP contribution in [0.15, 0.2) is 24.3 Å². The van der Waals surface area contributed by atoms with Crippen LogP contribution in [0.25, 0.3) is 0 Å². The molecule has 1 radical (unpaired) electrons. The van der Waals surface area contributed by atoms with E-state index in [2.05, 4.69) is 0 Å². The maximum atomic E-state index is 10.1. The third-order valence-electron chi connectivity index (χ3n) is 1.46. The molecule has 0 bridgehead atoms. The van der Waals surface area contributed by atoms with E-state index in [9.17, 15) is 4.79 Å². The van der Waals surface area contributed by atoms with Crippen LogP contribution >= 0.6 is 0 Å². The molecular formula is C9H9O2. The van der Waals surface area contributed by atoms with Crippen molar-refractivity contribution in [2.45, 2.75) is 6.42 Å². The first-order valence-corrected chi connectivity index (χ1v) is 3.35. The van der Waals surface area contributed by atoms with Crippen molar-refractivity contribution in [3.63, 3.8) is 0 Å². The molecule has 1 aromatic carbocycles. The molecule has 0 aromatic heterocycles. The van der Waals surface area contributed by atoms with Gasteiger partial charge in [0.1, 0.15) is 5.75 Å². The lowest BCUT2D eigenvalue weighted by Gasteiger charge is -2.03. The molecule has 0 unspecified atom stereocenters. The van der Waals surface area contributed by atoms with Crippen LogP contribution < -0.4 is 4.74 Å². The van der Waals surface area contributed by atoms with E-state index < -0.39 is 0 Å². The van der Waals surface area contributed by atoms with Gasteiger partial charge < -0.3 is 4.74 Å². The van der Waals surface area contributed by atoms with Gasteiger partial charge in [0, 0.05) is 12.0 Å². The predicted octanol–water partition coefficient (Wildman–Crippen LogP) is 1.35. The summed E-state index contributed by atoms with van der Waals surface area (Å²) in [6.07, 6.45) is 2.12. The topological polar surface area (TPSA) is 26.3 Å². The molecule has 1 aromatic rings. The summed E-state index contributed by atoms with van der Waals surface area (Å²) in [5, 5.41) is 0. The van der Waals surface area contributed by atoms with Gasteiger partial charge in [-0.25, -0.2) is 0 Å². The Morgan fingerprint density at radius 3 is 2.82 bits per heavy atom. The molecule has 0 aliphatic carbocycles. The third-order valence-corrected chi connectivity index (χ3v) is 1.46. The summed E-state index contributed by atoms with van der Waals surface area (Å²) >= 11 is 0. The first-order valence-electron chi connectivity index (χ1n) is 3.35. The lowest BCUT2D eigenvalue weighted by molar-refractivity contribution is 0.410. The molecule has 1 rings (SSSR count). The van der Waals surface area contributed by atoms with E-state index in [4.69, 9.17) is 4.74 Å². The molecule has 0 heterocycles. The normalized spacial score (nSPS) is 9.18. The van der Waals surface area contributed by atoms with Crippen molar-refractivity contribution in [1.29, 1.82) is 0 Å². The van der Waals surface area contributed by atoms with Crippen molar-refractivity contribution in [1.82, 2.24) is 0 Å². The van der Waals surface area contributed by atoms with E-state index in [1.165, 1.54) is 0 Å². The maximum absolute atomic E-state index is 10.1. The third kappa shape index (κ3) is 1.80. The number of ether oxygens (including phenoxy) is 1. The van der Waals surface area contributed by atoms with Gasteiger partial charge in [-0.05, 0) is 6.07 Å². The van der Waals surface area contributed by atoms with E-state index in [0.717, 1.165) is 11.3 Å². The van der Waals surface area contributed by atoms with E-state index >= 15 is 0 Å². The van der Waals surface area contributed by atoms with Gasteiger partial charge in [0.05, 0.1) is 7.11 Å². The van der Waals surface area contributed by atoms with Gasteiger partial charge in [0.25, 0.3) is 0 Å². The van der Waals surface area contributed by atoms with Crippen molar-refractivity contribution in [2.24, 2.45) is 0 Å². The number of hydrogen-bond donors (Lipinski definition) is 0. The summed E-state index contributed by atoms with van der Waals surface area (Å²) in [5.74, 6) is 0.746. The molecule has 2 heteroatoms. The number of hydrogen-bond acceptors (Lipinski definition) is 2. The van der Waals surface area contributed by atoms with Crippen LogP contribution in [0.2, 0.25) is 0 Å². The molecule has 0 amide bonds. The molecule has 0 fully saturated rings. The van der Waals surface area contributed by atoms with Crippen molar-refractivity contribution < 1.29 is 9.53 Å². The Kier molecular flexibility index (Phi) is 2.66. The van der Waals surface area contributed by atoms with Crippen LogP contribution in [0.5, 0.6) is 5.75 Å². The molecule has 0 saturated carbocycles. The fraction of sp³-hybridized carbons (Fsp3) is 0.222. The molecule has 0 N–H and O–H groups in total. The number of carbonyl (C=O) groups excluding carboxylic acids is 1. The SMILES string of the molecule is COc1ccccc1C[C]=O. The monoisotopic (exact) mass is 149 g/mol. The second-order valence-corrected chi connectivity index (χ2v) is 2.13. The van der Waals surface area contributed by atoms with Gasteiger partial charge in [-0.15, -0.1) is 0 Å². The standard InChI is InChI=1S/C9H9O2/c1-11-9-5-3-2-4-8(9)6-7-10/h2-5H,6H2,1H3. The number of para-hydroxylation sites is 1. The minimum absolute atomic E-state index is 0.296. The predicted molar refractivity (Wildman–Crippen MR) is 42.4 cm³/mol. The van der Waals surface area contributed by atoms with Gasteiger partial charge in [-0.2, -0.15) is 0 Å². The van der Waals surface area contributed by atoms with Crippen LogP contribution in [-0.4, -0.2) is 13.4 Å². The highest BCUT2D eigenvalue weighted by Crippen LogP contribution is 2.16. The Hall–Kier alpha value is -1.31. The van der Waals surface area contributed by atoms with Crippen molar-refractivity contribution in [3.05, 3.63) is 29.8 Å². The average molecular weight is 149 g/mol. The van der Waals surface area contributed by atoms with Gasteiger partial charge in [-0.3, -0.25) is 4.79 Å². The second kappa shape index (κ2) is 3.76. The zero-order chi connectivity index (χ0) is 8.10. The summed E-state index contributed by atoms with van der Waals surface area (Å²) in [5.41, 5.74) is 0.880. The van der Waals surface area contributed by atoms with E-state index in [1.54, 1.807) is 7.11 Å². The summed E-state index contributed by atoms with van der Waals surface area (Å²) in [4.78, 5) is 10.1. The van der Waals surface area contributed by atoms with E-state index in [-0.39, 0.29) is 0 Å². The quantitative estimate of drug-likeness (QED) is 0.648. The average Bonchev–Trinajstić information content (AvgIpc) is 2.06. The number of benzene rings is 1. The fourth-order valence-electron chi connectivity index (χ4n) is 0.927. The molecule has 2 nitrogen and oxygen atoms in total. The highest BCUT2D eigenvalue weighted by atomic mass is 16.5. The Balaban J connectivity index is 2.92. The van der Waals surface area contributed by atoms with E-state index in [0.29, 0.717) is 6.42 Å². The van der Waals surface area contributed by atoms with Gasteiger partial charge in [0.15, 0.2) is 0 Å². The highest BCUT2D eigenvalue weighted by Gasteiger charge is 1.98. The van der Waals surface area contributed by atoms with Gasteiger partial charge in [0.2, 0.25) is 6.29 Å². The molecule has 0 spiro atoms. The lowest BCUT2D eigenvalue weighted by Crippen LogP contribution is -1.91. The number of methoxy groups -OCH3 is 1. The smallest absolute Gasteiger partial charge is 0.203 e. The second-order valence-electron chi connectivity index (χ2n) is 2.13. The summed E-state index contributed by atoms with van der Waals surface area (Å²) in [6.45, 7) is 0. The van der Waals surface area contributed by atoms with Crippen LogP contribution in [0, 0.1) is 0 Å². The van der Waals surface area contributed by atoms with Crippen molar-refractivity contribution in [2.75, 3.05) is 7.11 Å². The van der Waals surface area contributed by atoms with Crippen LogP contribution in [0.4, 0.5) is 0 Å². The largest absolute Gasteiger partial charge is 0.496 e. The van der Waals surface area contributed by atoms with Crippen LogP contribution in [0.3, 0.4) is 0 Å². The minimum Gasteiger partial charge on any atom is -0.496 e. The Morgan fingerprint density at radius 1 is 1.45 bits per heavy atom. The molecule has 0 atom stereocenters. The highest BCUT2D eigenvalue weighted by molar-refractivity contribution is 5.58. The zero-order valence-electron chi connectivity index (χ0n) is 6.33. The molecule has 0 aliphatic heterocycles. The van der Waals surface area contributed by atoms with Crippen molar-refractivity contribution in [3.8, 4) is 5.75 Å². The first-order chi connectivity index (χ1) is 5.38. The molecular weight excluding hydrogens is 140 g/mol. The molecule has 0 saturated heterocycles. The summed E-state index contributed by atoms with van der Waals surface area (Å²) in [6, 6.07) is 7.42. The van der Waals surface area contributed by atoms with Crippen LogP contribution in [-0.2, 0) is 11.2 Å². The Bertz CT molecular complexity index is 243. The Labute approximate surface area is 65.8 Å². The minimum atomic E-state index is 0.296. The first kappa shape index (κ1) is 7.79. The van der Waals surface area contributed by atoms with Gasteiger partial charge >= 0.3 is 0 Å². The Morgan fingerprint density at radius 2 is 2.18 bits per heavy atom. The van der Waals surface area contributed by atoms with Crippen LogP contribution in [0.1, 0.15) is 5.56 Å². The lowest BCUT2D eigenvalue weighted by atomic mass is 10.1. The van der Waals surface area contributed by atoms with Gasteiger partial charge in [-0.1, -0.05) is 18.2 Å². The molecule has 11 heavy (non-hydrogen) atoms. The van der Waals surface area contributed by atoms with E-state index in [1.807, 2.05) is 30.6 Å². The zero-order valence-corrected chi connectivity index (χ0v) is 6.33. The molecule has 0 aliphatic rings. The molecule has 57 valence electrons. The van der Waals surface area contributed by atoms with Crippen molar-refractivity contribution >= 4 is 6.29 Å². The summed E-state index contributed by atoms with van der Waals surface area (Å²) in [7, 11) is 1.59. The fourth-order valence-corrected chi connectivity index (χ4v) is 0.927. The summed E-state index contributed by atoms with van der Waals surface area (Å²) < 4.78 is 5.02. The maximum Gasteiger partial charge on any atom is 0.203 e. The number of rotatable bonds is 3.